The predicted octanol–water partition coefficient (Wildman–Crippen LogP) is 5.84. The third-order valence-corrected chi connectivity index (χ3v) is 5.47. The van der Waals surface area contributed by atoms with Crippen LogP contribution >= 0.6 is 11.8 Å². The summed E-state index contributed by atoms with van der Waals surface area (Å²) in [7, 11) is 0. The molecule has 1 heterocycles. The fourth-order valence-electron chi connectivity index (χ4n) is 3.04. The van der Waals surface area contributed by atoms with Crippen molar-refractivity contribution >= 4 is 22.7 Å². The largest absolute Gasteiger partial charge is 0.416 e. The summed E-state index contributed by atoms with van der Waals surface area (Å²) in [5.41, 5.74) is -0.318. The molecule has 0 atom stereocenters. The summed E-state index contributed by atoms with van der Waals surface area (Å²) in [6, 6.07) is 17.4. The van der Waals surface area contributed by atoms with Gasteiger partial charge in [-0.25, -0.2) is 9.37 Å². The van der Waals surface area contributed by atoms with E-state index < -0.39 is 23.1 Å². The third kappa shape index (κ3) is 3.95. The van der Waals surface area contributed by atoms with Crippen molar-refractivity contribution in [1.82, 2.24) is 9.55 Å². The number of alkyl halides is 3. The molecule has 3 aromatic carbocycles. The molecule has 0 bridgehead atoms. The molecular formula is C22H14F4N2OS. The van der Waals surface area contributed by atoms with Crippen molar-refractivity contribution < 1.29 is 17.6 Å². The Hall–Kier alpha value is -3.13. The standard InChI is InChI=1S/C22H14F4N2OS/c23-17-9-2-4-11-19(17)28-20(29)16-8-1-3-10-18(16)27-21(28)30-13-14-6-5-7-15(12-14)22(24,25)26/h1-12H,13H2. The van der Waals surface area contributed by atoms with E-state index in [9.17, 15) is 22.4 Å². The number of rotatable bonds is 4. The Morgan fingerprint density at radius 3 is 2.43 bits per heavy atom. The van der Waals surface area contributed by atoms with Gasteiger partial charge < -0.3 is 0 Å². The Labute approximate surface area is 173 Å². The summed E-state index contributed by atoms with van der Waals surface area (Å²) in [5.74, 6) is -0.471. The van der Waals surface area contributed by atoms with Crippen LogP contribution in [0.5, 0.6) is 0 Å². The summed E-state index contributed by atoms with van der Waals surface area (Å²) in [6.45, 7) is 0. The van der Waals surface area contributed by atoms with E-state index in [2.05, 4.69) is 4.98 Å². The minimum Gasteiger partial charge on any atom is -0.268 e. The van der Waals surface area contributed by atoms with E-state index in [0.29, 0.717) is 16.5 Å². The second kappa shape index (κ2) is 7.95. The van der Waals surface area contributed by atoms with Crippen molar-refractivity contribution in [2.24, 2.45) is 0 Å². The molecule has 0 unspecified atom stereocenters. The van der Waals surface area contributed by atoms with Crippen molar-refractivity contribution in [3.63, 3.8) is 0 Å². The highest BCUT2D eigenvalue weighted by Crippen LogP contribution is 2.31. The number of halogens is 4. The first-order valence-corrected chi connectivity index (χ1v) is 9.89. The van der Waals surface area contributed by atoms with Crippen LogP contribution < -0.4 is 5.56 Å². The van der Waals surface area contributed by atoms with E-state index in [0.717, 1.165) is 28.5 Å². The third-order valence-electron chi connectivity index (χ3n) is 4.46. The van der Waals surface area contributed by atoms with Gasteiger partial charge in [0.1, 0.15) is 5.82 Å². The van der Waals surface area contributed by atoms with Gasteiger partial charge in [-0.3, -0.25) is 9.36 Å². The first-order chi connectivity index (χ1) is 14.3. The first-order valence-electron chi connectivity index (χ1n) is 8.90. The van der Waals surface area contributed by atoms with Crippen molar-refractivity contribution in [3.05, 3.63) is 100 Å². The molecule has 0 saturated heterocycles. The van der Waals surface area contributed by atoms with Gasteiger partial charge in [0.25, 0.3) is 5.56 Å². The van der Waals surface area contributed by atoms with Gasteiger partial charge in [0, 0.05) is 5.75 Å². The number of nitrogens with zero attached hydrogens (tertiary/aromatic N) is 2. The molecule has 0 saturated carbocycles. The number of thioether (sulfide) groups is 1. The molecule has 152 valence electrons. The van der Waals surface area contributed by atoms with Crippen LogP contribution in [0.3, 0.4) is 0 Å². The quantitative estimate of drug-likeness (QED) is 0.232. The summed E-state index contributed by atoms with van der Waals surface area (Å²) in [5, 5.41) is 0.519. The second-order valence-electron chi connectivity index (χ2n) is 6.49. The zero-order valence-electron chi connectivity index (χ0n) is 15.4. The second-order valence-corrected chi connectivity index (χ2v) is 7.43. The van der Waals surface area contributed by atoms with Gasteiger partial charge in [0.15, 0.2) is 5.16 Å². The van der Waals surface area contributed by atoms with Gasteiger partial charge in [-0.15, -0.1) is 0 Å². The predicted molar refractivity (Wildman–Crippen MR) is 108 cm³/mol. The lowest BCUT2D eigenvalue weighted by atomic mass is 10.1. The molecule has 1 aromatic heterocycles. The number of benzene rings is 3. The van der Waals surface area contributed by atoms with Gasteiger partial charge in [-0.05, 0) is 35.9 Å². The maximum atomic E-state index is 14.5. The summed E-state index contributed by atoms with van der Waals surface area (Å²) >= 11 is 1.07. The average molecular weight is 430 g/mol. The average Bonchev–Trinajstić information content (AvgIpc) is 2.73. The van der Waals surface area contributed by atoms with Gasteiger partial charge in [0.2, 0.25) is 0 Å². The maximum absolute atomic E-state index is 14.5. The Bertz CT molecular complexity index is 1280. The van der Waals surface area contributed by atoms with Crippen molar-refractivity contribution in [2.75, 3.05) is 0 Å². The van der Waals surface area contributed by atoms with Crippen LogP contribution in [0.4, 0.5) is 17.6 Å². The molecule has 0 spiro atoms. The van der Waals surface area contributed by atoms with Gasteiger partial charge in [0.05, 0.1) is 22.2 Å². The molecular weight excluding hydrogens is 416 g/mol. The van der Waals surface area contributed by atoms with E-state index in [4.69, 9.17) is 0 Å². The number of hydrogen-bond donors (Lipinski definition) is 0. The molecule has 0 radical (unpaired) electrons. The van der Waals surface area contributed by atoms with Crippen LogP contribution in [-0.2, 0) is 11.9 Å². The maximum Gasteiger partial charge on any atom is 0.416 e. The Morgan fingerprint density at radius 1 is 0.933 bits per heavy atom. The minimum absolute atomic E-state index is 0.0345. The SMILES string of the molecule is O=c1c2ccccc2nc(SCc2cccc(C(F)(F)F)c2)n1-c1ccccc1F. The van der Waals surface area contributed by atoms with Crippen molar-refractivity contribution in [1.29, 1.82) is 0 Å². The number of para-hydroxylation sites is 2. The number of hydrogen-bond acceptors (Lipinski definition) is 3. The molecule has 0 aliphatic rings. The molecule has 30 heavy (non-hydrogen) atoms. The van der Waals surface area contributed by atoms with Crippen molar-refractivity contribution in [3.8, 4) is 5.69 Å². The van der Waals surface area contributed by atoms with Gasteiger partial charge in [-0.1, -0.05) is 54.2 Å². The van der Waals surface area contributed by atoms with E-state index in [1.54, 1.807) is 36.4 Å². The lowest BCUT2D eigenvalue weighted by Gasteiger charge is -2.14. The molecule has 4 rings (SSSR count). The van der Waals surface area contributed by atoms with Crippen molar-refractivity contribution in [2.45, 2.75) is 17.1 Å². The summed E-state index contributed by atoms with van der Waals surface area (Å²) in [6.07, 6.45) is -4.45. The van der Waals surface area contributed by atoms with E-state index in [1.165, 1.54) is 24.3 Å². The zero-order chi connectivity index (χ0) is 21.3. The van der Waals surface area contributed by atoms with E-state index >= 15 is 0 Å². The molecule has 3 nitrogen and oxygen atoms in total. The highest BCUT2D eigenvalue weighted by Gasteiger charge is 2.30. The van der Waals surface area contributed by atoms with E-state index in [1.807, 2.05) is 0 Å². The Morgan fingerprint density at radius 2 is 1.67 bits per heavy atom. The molecule has 0 amide bonds. The molecule has 0 aliphatic carbocycles. The highest BCUT2D eigenvalue weighted by atomic mass is 32.2. The van der Waals surface area contributed by atoms with Crippen LogP contribution in [-0.4, -0.2) is 9.55 Å². The highest BCUT2D eigenvalue weighted by molar-refractivity contribution is 7.98. The van der Waals surface area contributed by atoms with Crippen LogP contribution in [0.25, 0.3) is 16.6 Å². The normalized spacial score (nSPS) is 11.7. The number of aromatic nitrogens is 2. The van der Waals surface area contributed by atoms with Crippen LogP contribution in [0.2, 0.25) is 0 Å². The Kier molecular flexibility index (Phi) is 5.34. The monoisotopic (exact) mass is 430 g/mol. The fraction of sp³-hybridized carbons (Fsp3) is 0.0909. The van der Waals surface area contributed by atoms with Crippen LogP contribution in [0.15, 0.2) is 82.7 Å². The lowest BCUT2D eigenvalue weighted by Crippen LogP contribution is -2.22. The lowest BCUT2D eigenvalue weighted by molar-refractivity contribution is -0.137. The fourth-order valence-corrected chi connectivity index (χ4v) is 3.99. The van der Waals surface area contributed by atoms with Gasteiger partial charge in [-0.2, -0.15) is 13.2 Å². The molecule has 8 heteroatoms. The molecule has 4 aromatic rings. The van der Waals surface area contributed by atoms with Crippen LogP contribution in [0.1, 0.15) is 11.1 Å². The summed E-state index contributed by atoms with van der Waals surface area (Å²) < 4.78 is 54.6. The smallest absolute Gasteiger partial charge is 0.268 e. The minimum atomic E-state index is -4.45. The molecule has 0 N–H and O–H groups in total. The molecule has 0 aliphatic heterocycles. The molecule has 0 fully saturated rings. The first kappa shape index (κ1) is 20.2. The van der Waals surface area contributed by atoms with Gasteiger partial charge >= 0.3 is 6.18 Å². The topological polar surface area (TPSA) is 34.9 Å². The summed E-state index contributed by atoms with van der Waals surface area (Å²) in [4.78, 5) is 17.6. The number of fused-ring (bicyclic) bond motifs is 1. The zero-order valence-corrected chi connectivity index (χ0v) is 16.2. The van der Waals surface area contributed by atoms with E-state index in [-0.39, 0.29) is 16.6 Å². The Balaban J connectivity index is 1.80. The van der Waals surface area contributed by atoms with Crippen LogP contribution in [0, 0.1) is 5.82 Å².